The normalized spacial score (nSPS) is 12.2. The van der Waals surface area contributed by atoms with Crippen molar-refractivity contribution in [2.24, 2.45) is 0 Å². The zero-order valence-electron chi connectivity index (χ0n) is 12.1. The number of carboxylic acids is 1. The van der Waals surface area contributed by atoms with Gasteiger partial charge in [0.25, 0.3) is 0 Å². The van der Waals surface area contributed by atoms with Crippen LogP contribution in [0.2, 0.25) is 0 Å². The topological polar surface area (TPSA) is 96.5 Å². The summed E-state index contributed by atoms with van der Waals surface area (Å²) in [7, 11) is 1.50. The first-order valence-electron chi connectivity index (χ1n) is 6.79. The molecule has 1 rings (SSSR count). The molecular formula is C13H21N3O4. The van der Waals surface area contributed by atoms with Gasteiger partial charge < -0.3 is 14.5 Å². The predicted octanol–water partition coefficient (Wildman–Crippen LogP) is 1.28. The van der Waals surface area contributed by atoms with E-state index in [4.69, 9.17) is 9.63 Å². The Balaban J connectivity index is 2.51. The van der Waals surface area contributed by atoms with E-state index in [1.807, 2.05) is 6.92 Å². The predicted molar refractivity (Wildman–Crippen MR) is 71.1 cm³/mol. The number of hydrogen-bond acceptors (Lipinski definition) is 5. The Labute approximate surface area is 118 Å². The molecule has 1 unspecified atom stereocenters. The zero-order chi connectivity index (χ0) is 15.1. The second-order valence-electron chi connectivity index (χ2n) is 4.62. The first-order valence-corrected chi connectivity index (χ1v) is 6.79. The minimum absolute atomic E-state index is 0.161. The Morgan fingerprint density at radius 1 is 1.35 bits per heavy atom. The van der Waals surface area contributed by atoms with E-state index in [0.717, 1.165) is 12.8 Å². The molecule has 7 nitrogen and oxygen atoms in total. The quantitative estimate of drug-likeness (QED) is 0.772. The first-order chi connectivity index (χ1) is 9.49. The number of amides is 1. The second kappa shape index (κ2) is 7.62. The van der Waals surface area contributed by atoms with Gasteiger partial charge in [-0.25, -0.2) is 4.79 Å². The average molecular weight is 283 g/mol. The summed E-state index contributed by atoms with van der Waals surface area (Å²) in [5.41, 5.74) is 0. The number of carbonyl (C=O) groups excluding carboxylic acids is 1. The minimum Gasteiger partial charge on any atom is -0.480 e. The summed E-state index contributed by atoms with van der Waals surface area (Å²) in [4.78, 5) is 28.3. The van der Waals surface area contributed by atoms with E-state index in [1.165, 1.54) is 11.9 Å². The van der Waals surface area contributed by atoms with Crippen LogP contribution in [0.1, 0.15) is 44.8 Å². The van der Waals surface area contributed by atoms with Crippen molar-refractivity contribution in [2.45, 2.75) is 52.0 Å². The van der Waals surface area contributed by atoms with E-state index in [0.29, 0.717) is 24.6 Å². The van der Waals surface area contributed by atoms with Gasteiger partial charge in [-0.1, -0.05) is 19.0 Å². The fourth-order valence-electron chi connectivity index (χ4n) is 1.90. The number of aliphatic carboxylic acids is 1. The largest absolute Gasteiger partial charge is 0.480 e. The summed E-state index contributed by atoms with van der Waals surface area (Å²) in [6.45, 7) is 3.75. The van der Waals surface area contributed by atoms with Crippen molar-refractivity contribution < 1.29 is 19.2 Å². The van der Waals surface area contributed by atoms with Crippen LogP contribution < -0.4 is 0 Å². The van der Waals surface area contributed by atoms with Crippen LogP contribution >= 0.6 is 0 Å². The van der Waals surface area contributed by atoms with Crippen LogP contribution in [0.5, 0.6) is 0 Å². The highest BCUT2D eigenvalue weighted by atomic mass is 16.5. The molecule has 0 aliphatic carbocycles. The fraction of sp³-hybridized carbons (Fsp3) is 0.692. The van der Waals surface area contributed by atoms with Crippen molar-refractivity contribution in [3.05, 3.63) is 11.7 Å². The number of carbonyl (C=O) groups is 2. The summed E-state index contributed by atoms with van der Waals surface area (Å²) in [5.74, 6) is -0.181. The molecule has 0 aliphatic heterocycles. The molecule has 1 amide bonds. The van der Waals surface area contributed by atoms with Crippen molar-refractivity contribution in [3.63, 3.8) is 0 Å². The van der Waals surface area contributed by atoms with Crippen LogP contribution in [0, 0.1) is 0 Å². The molecule has 1 atom stereocenters. The van der Waals surface area contributed by atoms with Crippen molar-refractivity contribution in [1.82, 2.24) is 15.0 Å². The van der Waals surface area contributed by atoms with Gasteiger partial charge in [-0.3, -0.25) is 4.79 Å². The number of rotatable bonds is 8. The van der Waals surface area contributed by atoms with E-state index in [9.17, 15) is 9.59 Å². The SMILES string of the molecule is CCCc1noc(CCC(=O)N(C)C(CC)C(=O)O)n1. The molecule has 112 valence electrons. The summed E-state index contributed by atoms with van der Waals surface area (Å²) >= 11 is 0. The van der Waals surface area contributed by atoms with Gasteiger partial charge in [0.15, 0.2) is 5.82 Å². The van der Waals surface area contributed by atoms with E-state index in [-0.39, 0.29) is 12.3 Å². The highest BCUT2D eigenvalue weighted by Gasteiger charge is 2.24. The van der Waals surface area contributed by atoms with Crippen molar-refractivity contribution in [2.75, 3.05) is 7.05 Å². The maximum atomic E-state index is 11.9. The van der Waals surface area contributed by atoms with Gasteiger partial charge in [0, 0.05) is 26.3 Å². The highest BCUT2D eigenvalue weighted by molar-refractivity contribution is 5.83. The third-order valence-electron chi connectivity index (χ3n) is 3.07. The van der Waals surface area contributed by atoms with Crippen LogP contribution in [0.25, 0.3) is 0 Å². The molecule has 0 aliphatic rings. The van der Waals surface area contributed by atoms with Crippen LogP contribution in [0.15, 0.2) is 4.52 Å². The van der Waals surface area contributed by atoms with Gasteiger partial charge in [-0.05, 0) is 12.8 Å². The number of nitrogens with zero attached hydrogens (tertiary/aromatic N) is 3. The van der Waals surface area contributed by atoms with Crippen LogP contribution in [-0.4, -0.2) is 45.1 Å². The lowest BCUT2D eigenvalue weighted by molar-refractivity contribution is -0.149. The Bertz CT molecular complexity index is 458. The van der Waals surface area contributed by atoms with Crippen LogP contribution in [0.3, 0.4) is 0 Å². The highest BCUT2D eigenvalue weighted by Crippen LogP contribution is 2.08. The molecule has 0 bridgehead atoms. The van der Waals surface area contributed by atoms with Gasteiger partial charge in [0.2, 0.25) is 11.8 Å². The van der Waals surface area contributed by atoms with Gasteiger partial charge >= 0.3 is 5.97 Å². The Morgan fingerprint density at radius 3 is 2.60 bits per heavy atom. The molecule has 0 aromatic carbocycles. The molecule has 1 aromatic heterocycles. The van der Waals surface area contributed by atoms with Crippen LogP contribution in [-0.2, 0) is 22.4 Å². The maximum absolute atomic E-state index is 11.9. The molecule has 1 N–H and O–H groups in total. The number of hydrogen-bond donors (Lipinski definition) is 1. The Kier molecular flexibility index (Phi) is 6.14. The number of aromatic nitrogens is 2. The second-order valence-corrected chi connectivity index (χ2v) is 4.62. The number of likely N-dealkylation sites (N-methyl/N-ethyl adjacent to an activating group) is 1. The number of carboxylic acid groups (broad SMARTS) is 1. The van der Waals surface area contributed by atoms with E-state index < -0.39 is 12.0 Å². The van der Waals surface area contributed by atoms with Gasteiger partial charge in [-0.2, -0.15) is 4.98 Å². The average Bonchev–Trinajstić information content (AvgIpc) is 2.84. The molecule has 20 heavy (non-hydrogen) atoms. The van der Waals surface area contributed by atoms with Crippen molar-refractivity contribution in [3.8, 4) is 0 Å². The van der Waals surface area contributed by atoms with Gasteiger partial charge in [0.05, 0.1) is 0 Å². The molecule has 0 spiro atoms. The standard InChI is InChI=1S/C13H21N3O4/c1-4-6-10-14-11(20-15-10)7-8-12(17)16(3)9(5-2)13(18)19/h9H,4-8H2,1-3H3,(H,18,19). The minimum atomic E-state index is -0.994. The summed E-state index contributed by atoms with van der Waals surface area (Å²) in [6.07, 6.45) is 2.54. The molecule has 0 saturated carbocycles. The van der Waals surface area contributed by atoms with Crippen molar-refractivity contribution in [1.29, 1.82) is 0 Å². The smallest absolute Gasteiger partial charge is 0.326 e. The van der Waals surface area contributed by atoms with E-state index in [1.54, 1.807) is 6.92 Å². The molecule has 1 aromatic rings. The van der Waals surface area contributed by atoms with Gasteiger partial charge in [-0.15, -0.1) is 0 Å². The molecule has 7 heteroatoms. The molecule has 0 radical (unpaired) electrons. The van der Waals surface area contributed by atoms with Crippen molar-refractivity contribution >= 4 is 11.9 Å². The molecule has 0 fully saturated rings. The lowest BCUT2D eigenvalue weighted by Gasteiger charge is -2.23. The maximum Gasteiger partial charge on any atom is 0.326 e. The lowest BCUT2D eigenvalue weighted by Crippen LogP contribution is -2.42. The lowest BCUT2D eigenvalue weighted by atomic mass is 10.2. The monoisotopic (exact) mass is 283 g/mol. The molecular weight excluding hydrogens is 262 g/mol. The van der Waals surface area contributed by atoms with Gasteiger partial charge in [0.1, 0.15) is 6.04 Å². The first kappa shape index (κ1) is 16.1. The Hall–Kier alpha value is -1.92. The van der Waals surface area contributed by atoms with E-state index >= 15 is 0 Å². The third kappa shape index (κ3) is 4.32. The Morgan fingerprint density at radius 2 is 2.05 bits per heavy atom. The third-order valence-corrected chi connectivity index (χ3v) is 3.07. The summed E-state index contributed by atoms with van der Waals surface area (Å²) in [6, 6.07) is -0.791. The molecule has 0 saturated heterocycles. The number of aryl methyl sites for hydroxylation is 2. The molecule has 1 heterocycles. The summed E-state index contributed by atoms with van der Waals surface area (Å²) < 4.78 is 5.03. The summed E-state index contributed by atoms with van der Waals surface area (Å²) in [5, 5.41) is 12.8. The van der Waals surface area contributed by atoms with E-state index in [2.05, 4.69) is 10.1 Å². The van der Waals surface area contributed by atoms with Crippen LogP contribution in [0.4, 0.5) is 0 Å². The fourth-order valence-corrected chi connectivity index (χ4v) is 1.90. The zero-order valence-corrected chi connectivity index (χ0v) is 12.1.